The van der Waals surface area contributed by atoms with Crippen LogP contribution in [-0.2, 0) is 19.3 Å². The van der Waals surface area contributed by atoms with Gasteiger partial charge in [0, 0.05) is 50.9 Å². The number of ether oxygens (including phenoxy) is 2. The molecule has 3 aromatic carbocycles. The number of likely N-dealkylation sites (tertiary alicyclic amines) is 2. The number of carbonyl (C=O) groups is 1. The summed E-state index contributed by atoms with van der Waals surface area (Å²) >= 11 is 0. The molecule has 224 valence electrons. The molecule has 0 spiro atoms. The van der Waals surface area contributed by atoms with Crippen LogP contribution < -0.4 is 14.8 Å². The monoisotopic (exact) mass is 581 g/mol. The van der Waals surface area contributed by atoms with E-state index in [1.54, 1.807) is 19.2 Å². The Morgan fingerprint density at radius 3 is 1.95 bits per heavy atom. The minimum absolute atomic E-state index is 0.0298. The first-order chi connectivity index (χ1) is 20.2. The lowest BCUT2D eigenvalue weighted by atomic mass is 10.0. The van der Waals surface area contributed by atoms with Gasteiger partial charge in [-0.2, -0.15) is 13.2 Å². The number of nitrogens with one attached hydrogen (secondary N) is 1. The molecule has 0 saturated carbocycles. The summed E-state index contributed by atoms with van der Waals surface area (Å²) in [5.41, 5.74) is 2.08. The Morgan fingerprint density at radius 2 is 1.38 bits per heavy atom. The summed E-state index contributed by atoms with van der Waals surface area (Å²) in [5, 5.41) is 3.20. The van der Waals surface area contributed by atoms with Gasteiger partial charge in [-0.1, -0.05) is 30.3 Å². The number of hydrogen-bond donors (Lipinski definition) is 1. The van der Waals surface area contributed by atoms with Gasteiger partial charge in [0.15, 0.2) is 0 Å². The van der Waals surface area contributed by atoms with Gasteiger partial charge in [0.05, 0.1) is 12.7 Å². The summed E-state index contributed by atoms with van der Waals surface area (Å²) in [4.78, 5) is 17.7. The molecule has 0 unspecified atom stereocenters. The number of hydrogen-bond acceptors (Lipinski definition) is 5. The molecular formula is C33H38F3N3O3. The van der Waals surface area contributed by atoms with Gasteiger partial charge in [-0.3, -0.25) is 14.6 Å². The quantitative estimate of drug-likeness (QED) is 0.329. The van der Waals surface area contributed by atoms with E-state index >= 15 is 0 Å². The van der Waals surface area contributed by atoms with Crippen LogP contribution in [0.5, 0.6) is 11.5 Å². The van der Waals surface area contributed by atoms with Gasteiger partial charge in [0.2, 0.25) is 0 Å². The second-order valence-corrected chi connectivity index (χ2v) is 11.2. The first-order valence-corrected chi connectivity index (χ1v) is 14.6. The van der Waals surface area contributed by atoms with Crippen LogP contribution in [0.15, 0.2) is 72.8 Å². The molecule has 1 amide bonds. The van der Waals surface area contributed by atoms with Crippen molar-refractivity contribution < 1.29 is 27.4 Å². The molecule has 0 radical (unpaired) electrons. The Kier molecular flexibility index (Phi) is 9.69. The van der Waals surface area contributed by atoms with E-state index in [2.05, 4.69) is 27.2 Å². The molecule has 2 fully saturated rings. The molecule has 6 nitrogen and oxygen atoms in total. The van der Waals surface area contributed by atoms with E-state index < -0.39 is 11.7 Å². The number of rotatable bonds is 9. The van der Waals surface area contributed by atoms with Crippen LogP contribution in [0.2, 0.25) is 0 Å². The fourth-order valence-electron chi connectivity index (χ4n) is 5.64. The molecule has 0 bridgehead atoms. The maximum atomic E-state index is 13.0. The highest BCUT2D eigenvalue weighted by molar-refractivity contribution is 5.94. The number of methoxy groups -OCH3 is 1. The summed E-state index contributed by atoms with van der Waals surface area (Å²) in [6, 6.07) is 21.0. The maximum Gasteiger partial charge on any atom is 0.416 e. The van der Waals surface area contributed by atoms with Crippen LogP contribution in [0.3, 0.4) is 0 Å². The van der Waals surface area contributed by atoms with Gasteiger partial charge in [0.25, 0.3) is 5.91 Å². The molecule has 3 aromatic rings. The molecule has 5 rings (SSSR count). The molecule has 0 atom stereocenters. The fraction of sp³-hybridized carbons (Fsp3) is 0.424. The third-order valence-electron chi connectivity index (χ3n) is 8.11. The van der Waals surface area contributed by atoms with Crippen LogP contribution in [-0.4, -0.2) is 61.1 Å². The van der Waals surface area contributed by atoms with Crippen molar-refractivity contribution in [3.05, 3.63) is 95.1 Å². The number of piperidine rings is 2. The molecular weight excluding hydrogens is 543 g/mol. The van der Waals surface area contributed by atoms with Crippen molar-refractivity contribution in [3.8, 4) is 11.5 Å². The number of halogens is 3. The zero-order chi connectivity index (χ0) is 29.5. The van der Waals surface area contributed by atoms with E-state index in [9.17, 15) is 18.0 Å². The van der Waals surface area contributed by atoms with E-state index in [4.69, 9.17) is 9.47 Å². The predicted molar refractivity (Wildman–Crippen MR) is 156 cm³/mol. The molecule has 2 aliphatic heterocycles. The second kappa shape index (κ2) is 13.6. The minimum Gasteiger partial charge on any atom is -0.497 e. The number of carbonyl (C=O) groups excluding carboxylic acids is 1. The van der Waals surface area contributed by atoms with Crippen molar-refractivity contribution in [2.75, 3.05) is 33.3 Å². The molecule has 0 aromatic heterocycles. The average Bonchev–Trinajstić information content (AvgIpc) is 2.99. The number of amides is 1. The lowest BCUT2D eigenvalue weighted by Gasteiger charge is -2.32. The minimum atomic E-state index is -4.32. The third kappa shape index (κ3) is 8.26. The van der Waals surface area contributed by atoms with Gasteiger partial charge in [-0.05, 0) is 79.3 Å². The predicted octanol–water partition coefficient (Wildman–Crippen LogP) is 6.15. The zero-order valence-electron chi connectivity index (χ0n) is 23.9. The van der Waals surface area contributed by atoms with Crippen molar-refractivity contribution >= 4 is 5.91 Å². The van der Waals surface area contributed by atoms with Gasteiger partial charge in [-0.25, -0.2) is 0 Å². The van der Waals surface area contributed by atoms with Crippen molar-refractivity contribution in [2.24, 2.45) is 0 Å². The number of benzene rings is 3. The summed E-state index contributed by atoms with van der Waals surface area (Å²) in [6.45, 7) is 4.94. The summed E-state index contributed by atoms with van der Waals surface area (Å²) < 4.78 is 49.9. The largest absolute Gasteiger partial charge is 0.497 e. The third-order valence-corrected chi connectivity index (χ3v) is 8.11. The Balaban J connectivity index is 1.04. The number of alkyl halides is 3. The van der Waals surface area contributed by atoms with Crippen LogP contribution in [0.25, 0.3) is 0 Å². The molecule has 1 N–H and O–H groups in total. The van der Waals surface area contributed by atoms with Crippen molar-refractivity contribution in [2.45, 2.75) is 57.1 Å². The molecule has 9 heteroatoms. The first kappa shape index (κ1) is 29.9. The Labute approximate surface area is 245 Å². The Hall–Kier alpha value is -3.56. The SMILES string of the molecule is COc1ccc(CN2CCC(NC(=O)c3cccc(OC4CCN(Cc5ccc(C(F)(F)F)cc5)CC4)c3)CC2)cc1. The van der Waals surface area contributed by atoms with Gasteiger partial charge < -0.3 is 14.8 Å². The van der Waals surface area contributed by atoms with E-state index in [1.807, 2.05) is 36.4 Å². The Bertz CT molecular complexity index is 1300. The Morgan fingerprint density at radius 1 is 0.810 bits per heavy atom. The second-order valence-electron chi connectivity index (χ2n) is 11.2. The van der Waals surface area contributed by atoms with E-state index in [1.165, 1.54) is 5.56 Å². The normalized spacial score (nSPS) is 17.6. The zero-order valence-corrected chi connectivity index (χ0v) is 23.9. The smallest absolute Gasteiger partial charge is 0.416 e. The van der Waals surface area contributed by atoms with Gasteiger partial charge in [-0.15, -0.1) is 0 Å². The van der Waals surface area contributed by atoms with Crippen molar-refractivity contribution in [1.29, 1.82) is 0 Å². The maximum absolute atomic E-state index is 13.0. The summed E-state index contributed by atoms with van der Waals surface area (Å²) in [7, 11) is 1.67. The number of nitrogens with zero attached hydrogens (tertiary/aromatic N) is 2. The van der Waals surface area contributed by atoms with E-state index in [0.29, 0.717) is 17.9 Å². The van der Waals surface area contributed by atoms with Crippen LogP contribution in [0, 0.1) is 0 Å². The van der Waals surface area contributed by atoms with Crippen LogP contribution >= 0.6 is 0 Å². The molecule has 2 saturated heterocycles. The molecule has 2 aliphatic rings. The molecule has 0 aliphatic carbocycles. The topological polar surface area (TPSA) is 54.0 Å². The highest BCUT2D eigenvalue weighted by Crippen LogP contribution is 2.29. The highest BCUT2D eigenvalue weighted by Gasteiger charge is 2.30. The van der Waals surface area contributed by atoms with Crippen LogP contribution in [0.1, 0.15) is 52.7 Å². The summed E-state index contributed by atoms with van der Waals surface area (Å²) in [6.07, 6.45) is -0.852. The molecule has 2 heterocycles. The fourth-order valence-corrected chi connectivity index (χ4v) is 5.64. The van der Waals surface area contributed by atoms with Gasteiger partial charge in [0.1, 0.15) is 17.6 Å². The highest BCUT2D eigenvalue weighted by atomic mass is 19.4. The van der Waals surface area contributed by atoms with Gasteiger partial charge >= 0.3 is 6.18 Å². The lowest BCUT2D eigenvalue weighted by molar-refractivity contribution is -0.137. The molecule has 42 heavy (non-hydrogen) atoms. The van der Waals surface area contributed by atoms with Crippen molar-refractivity contribution in [3.63, 3.8) is 0 Å². The van der Waals surface area contributed by atoms with E-state index in [0.717, 1.165) is 81.9 Å². The summed E-state index contributed by atoms with van der Waals surface area (Å²) in [5.74, 6) is 1.45. The lowest BCUT2D eigenvalue weighted by Crippen LogP contribution is -2.44. The van der Waals surface area contributed by atoms with Crippen molar-refractivity contribution in [1.82, 2.24) is 15.1 Å². The van der Waals surface area contributed by atoms with E-state index in [-0.39, 0.29) is 18.1 Å². The standard InChI is InChI=1S/C33H38F3N3O3/c1-41-29-11-7-25(8-12-29)23-38-17-13-28(14-18-38)37-32(40)26-3-2-4-31(21-26)42-30-15-19-39(20-16-30)22-24-5-9-27(10-6-24)33(34,35)36/h2-12,21,28,30H,13-20,22-23H2,1H3,(H,37,40). The average molecular weight is 582 g/mol. The first-order valence-electron chi connectivity index (χ1n) is 14.6. The van der Waals surface area contributed by atoms with Crippen LogP contribution in [0.4, 0.5) is 13.2 Å².